The Kier molecular flexibility index (Phi) is 18.3. The average Bonchev–Trinajstić information content (AvgIpc) is 3.06. The van der Waals surface area contributed by atoms with E-state index in [1.165, 1.54) is 38.5 Å². The molecule has 0 fully saturated rings. The highest BCUT2D eigenvalue weighted by atomic mass is 79.9. The second-order valence-electron chi connectivity index (χ2n) is 8.99. The maximum atomic E-state index is 14.2. The molecule has 1 radical (unpaired) electrons. The van der Waals surface area contributed by atoms with Crippen molar-refractivity contribution < 1.29 is 41.8 Å². The Morgan fingerprint density at radius 1 is 0.479 bits per heavy atom. The summed E-state index contributed by atoms with van der Waals surface area (Å²) in [5.41, 5.74) is 1.84. The first-order chi connectivity index (χ1) is 22.2. The number of rotatable bonds is 8. The van der Waals surface area contributed by atoms with Gasteiger partial charge in [0.2, 0.25) is 0 Å². The van der Waals surface area contributed by atoms with Gasteiger partial charge in [-0.2, -0.15) is 0 Å². The number of para-hydroxylation sites is 1. The van der Waals surface area contributed by atoms with Gasteiger partial charge in [-0.15, -0.1) is 0 Å². The van der Waals surface area contributed by atoms with Crippen LogP contribution in [0, 0.1) is 17.5 Å². The van der Waals surface area contributed by atoms with Gasteiger partial charge in [0.05, 0.1) is 37.4 Å². The van der Waals surface area contributed by atoms with Gasteiger partial charge in [0.25, 0.3) is 0 Å². The molecule has 0 saturated heterocycles. The minimum atomic E-state index is -0.493. The maximum Gasteiger partial charge on any atom is 0.569 e. The van der Waals surface area contributed by atoms with Crippen molar-refractivity contribution in [3.8, 4) is 51.0 Å². The normalized spacial score (nSPS) is 9.54. The van der Waals surface area contributed by atoms with Gasteiger partial charge in [0, 0.05) is 34.4 Å². The maximum absolute atomic E-state index is 14.2. The second kappa shape index (κ2) is 21.0. The van der Waals surface area contributed by atoms with Crippen molar-refractivity contribution in [2.75, 3.05) is 28.4 Å². The lowest BCUT2D eigenvalue weighted by Crippen LogP contribution is -2.00. The van der Waals surface area contributed by atoms with Crippen LogP contribution in [0.2, 0.25) is 0 Å². The topological polar surface area (TPSA) is 66.4 Å². The van der Waals surface area contributed by atoms with Crippen molar-refractivity contribution in [2.45, 2.75) is 14.9 Å². The standard InChI is InChI=1S/C20H16F2O2.C8H8Br2O2.C6H5BFO2.2CH4/c1-23-19-12-20(24-2)16(14-8-4-6-10-18(14)22)11-15(19)13-7-3-5-9-17(13)21;1-11-7-4-8(12-2)6(10)3-5(7)9;8-5-3-1-2-4-6(5)10-7-9;;/h3-12H,1-2H3;3-4H,1-2H3;1-4,9H;2*1H4. The molecule has 0 aliphatic rings. The third-order valence-corrected chi connectivity index (χ3v) is 7.53. The molecule has 48 heavy (non-hydrogen) atoms. The molecule has 0 aliphatic carbocycles. The first-order valence-electron chi connectivity index (χ1n) is 13.4. The van der Waals surface area contributed by atoms with Crippen molar-refractivity contribution in [1.29, 1.82) is 0 Å². The van der Waals surface area contributed by atoms with Gasteiger partial charge >= 0.3 is 7.69 Å². The monoisotopic (exact) mass is 791 g/mol. The Balaban J connectivity index is 0.000000403. The summed E-state index contributed by atoms with van der Waals surface area (Å²) < 4.78 is 68.1. The van der Waals surface area contributed by atoms with Crippen molar-refractivity contribution in [1.82, 2.24) is 0 Å². The van der Waals surface area contributed by atoms with Crippen molar-refractivity contribution in [3.63, 3.8) is 0 Å². The summed E-state index contributed by atoms with van der Waals surface area (Å²) in [7, 11) is 6.68. The molecule has 0 saturated carbocycles. The molecule has 5 aromatic rings. The van der Waals surface area contributed by atoms with Crippen LogP contribution in [0.1, 0.15) is 14.9 Å². The zero-order chi connectivity index (χ0) is 33.6. The predicted octanol–water partition coefficient (Wildman–Crippen LogP) is 10.5. The van der Waals surface area contributed by atoms with Crippen LogP contribution < -0.4 is 23.6 Å². The summed E-state index contributed by atoms with van der Waals surface area (Å²) >= 11 is 6.72. The van der Waals surface area contributed by atoms with E-state index in [1.807, 2.05) is 12.1 Å². The number of hydrogen-bond acceptors (Lipinski definition) is 6. The summed E-state index contributed by atoms with van der Waals surface area (Å²) in [4.78, 5) is 0. The largest absolute Gasteiger partial charge is 0.569 e. The minimum absolute atomic E-state index is 0. The van der Waals surface area contributed by atoms with Gasteiger partial charge < -0.3 is 28.6 Å². The highest BCUT2D eigenvalue weighted by molar-refractivity contribution is 9.11. The fourth-order valence-electron chi connectivity index (χ4n) is 4.10. The lowest BCUT2D eigenvalue weighted by molar-refractivity contribution is 0.391. The van der Waals surface area contributed by atoms with Gasteiger partial charge in [-0.1, -0.05) is 63.4 Å². The lowest BCUT2D eigenvalue weighted by atomic mass is 9.96. The molecule has 0 spiro atoms. The predicted molar refractivity (Wildman–Crippen MR) is 194 cm³/mol. The Morgan fingerprint density at radius 3 is 1.23 bits per heavy atom. The van der Waals surface area contributed by atoms with E-state index >= 15 is 0 Å². The first-order valence-corrected chi connectivity index (χ1v) is 15.0. The van der Waals surface area contributed by atoms with E-state index in [2.05, 4.69) is 36.5 Å². The zero-order valence-electron chi connectivity index (χ0n) is 25.2. The van der Waals surface area contributed by atoms with Crippen LogP contribution in [-0.4, -0.2) is 41.1 Å². The van der Waals surface area contributed by atoms with Crippen molar-refractivity contribution in [2.24, 2.45) is 0 Å². The van der Waals surface area contributed by atoms with Crippen LogP contribution in [0.4, 0.5) is 13.2 Å². The van der Waals surface area contributed by atoms with E-state index in [-0.39, 0.29) is 32.2 Å². The Bertz CT molecular complexity index is 1650. The van der Waals surface area contributed by atoms with Gasteiger partial charge in [0.15, 0.2) is 5.82 Å². The smallest absolute Gasteiger partial charge is 0.535 e. The van der Waals surface area contributed by atoms with E-state index < -0.39 is 5.82 Å². The quantitative estimate of drug-likeness (QED) is 0.158. The number of hydrogen-bond donors (Lipinski definition) is 1. The molecular formula is C36H37BBr2F3O6. The van der Waals surface area contributed by atoms with E-state index in [9.17, 15) is 13.2 Å². The van der Waals surface area contributed by atoms with Gasteiger partial charge in [-0.3, -0.25) is 0 Å². The number of benzene rings is 5. The minimum Gasteiger partial charge on any atom is -0.535 e. The van der Waals surface area contributed by atoms with E-state index in [4.69, 9.17) is 24.0 Å². The summed E-state index contributed by atoms with van der Waals surface area (Å²) in [5, 5.41) is 8.13. The van der Waals surface area contributed by atoms with Crippen molar-refractivity contribution >= 4 is 39.5 Å². The van der Waals surface area contributed by atoms with Crippen LogP contribution in [0.25, 0.3) is 22.3 Å². The molecule has 12 heteroatoms. The SMILES string of the molecule is C.C.COc1cc(OC)c(-c2ccccc2F)cc1-c1ccccc1F.COc1cc(OC)c(Br)cc1Br.O[B]Oc1ccccc1F. The molecular weight excluding hydrogens is 756 g/mol. The molecule has 0 unspecified atom stereocenters. The molecule has 0 heterocycles. The Hall–Kier alpha value is -4.13. The van der Waals surface area contributed by atoms with E-state index in [0.29, 0.717) is 41.4 Å². The van der Waals surface area contributed by atoms with Crippen LogP contribution in [0.15, 0.2) is 106 Å². The molecule has 0 aromatic heterocycles. The highest BCUT2D eigenvalue weighted by Gasteiger charge is 2.18. The summed E-state index contributed by atoms with van der Waals surface area (Å²) in [6.07, 6.45) is 0. The number of halogens is 5. The molecule has 5 aromatic carbocycles. The molecule has 0 bridgehead atoms. The van der Waals surface area contributed by atoms with Crippen LogP contribution >= 0.6 is 31.9 Å². The third kappa shape index (κ3) is 11.0. The first kappa shape index (κ1) is 41.9. The third-order valence-electron chi connectivity index (χ3n) is 6.29. The Morgan fingerprint density at radius 2 is 0.854 bits per heavy atom. The molecule has 1 N–H and O–H groups in total. The van der Waals surface area contributed by atoms with Crippen LogP contribution in [0.5, 0.6) is 28.7 Å². The summed E-state index contributed by atoms with van der Waals surface area (Å²) in [6.45, 7) is 0. The molecule has 0 aliphatic heterocycles. The fourth-order valence-corrected chi connectivity index (χ4v) is 5.42. The molecule has 6 nitrogen and oxygen atoms in total. The van der Waals surface area contributed by atoms with E-state index in [1.54, 1.807) is 74.9 Å². The Labute approximate surface area is 298 Å². The fraction of sp³-hybridized carbons (Fsp3) is 0.167. The average molecular weight is 793 g/mol. The summed E-state index contributed by atoms with van der Waals surface area (Å²) in [5.74, 6) is 1.21. The zero-order valence-corrected chi connectivity index (χ0v) is 28.4. The van der Waals surface area contributed by atoms with Gasteiger partial charge in [0.1, 0.15) is 40.4 Å². The van der Waals surface area contributed by atoms with Gasteiger partial charge in [-0.05, 0) is 68.3 Å². The highest BCUT2D eigenvalue weighted by Crippen LogP contribution is 2.42. The number of methoxy groups -OCH3 is 4. The molecule has 5 rings (SSSR count). The van der Waals surface area contributed by atoms with E-state index in [0.717, 1.165) is 20.4 Å². The number of ether oxygens (including phenoxy) is 4. The van der Waals surface area contributed by atoms with Gasteiger partial charge in [-0.25, -0.2) is 13.2 Å². The van der Waals surface area contributed by atoms with Crippen LogP contribution in [0.3, 0.4) is 0 Å². The lowest BCUT2D eigenvalue weighted by Gasteiger charge is -2.16. The molecule has 0 atom stereocenters. The molecule has 0 amide bonds. The summed E-state index contributed by atoms with van der Waals surface area (Å²) in [6, 6.07) is 25.6. The van der Waals surface area contributed by atoms with Crippen molar-refractivity contribution in [3.05, 3.63) is 123 Å². The van der Waals surface area contributed by atoms with Crippen LogP contribution in [-0.2, 0) is 0 Å². The molecule has 255 valence electrons. The second-order valence-corrected chi connectivity index (χ2v) is 10.7.